The summed E-state index contributed by atoms with van der Waals surface area (Å²) in [4.78, 5) is 15.0. The minimum Gasteiger partial charge on any atom is -0.376 e. The van der Waals surface area contributed by atoms with Gasteiger partial charge in [0, 0.05) is 19.1 Å². The summed E-state index contributed by atoms with van der Waals surface area (Å²) in [7, 11) is 0.736. The van der Waals surface area contributed by atoms with E-state index in [0.717, 1.165) is 13.2 Å². The average molecular weight is 538 g/mol. The number of hydrogen-bond donors (Lipinski definition) is 0. The third-order valence-electron chi connectivity index (χ3n) is 4.64. The molecule has 1 heterocycles. The van der Waals surface area contributed by atoms with Crippen molar-refractivity contribution in [3.8, 4) is 6.07 Å². The Labute approximate surface area is 193 Å². The fourth-order valence-corrected chi connectivity index (χ4v) is 3.02. The standard InChI is InChI=1S/C20H10F12N2O2/c1-36-14(9-4-15(19(27,28)29)34-16(5-9)20(30,31)32)6-13(35)8-2-11(17(21,22)23)10(7-33)12(3-8)18(24,25)26/h2-5,14H,6H2,1H3. The van der Waals surface area contributed by atoms with Gasteiger partial charge in [-0.1, -0.05) is 0 Å². The minimum absolute atomic E-state index is 0.0717. The molecule has 0 aliphatic rings. The second-order valence-electron chi connectivity index (χ2n) is 7.07. The molecule has 0 saturated heterocycles. The van der Waals surface area contributed by atoms with Crippen molar-refractivity contribution in [1.29, 1.82) is 5.26 Å². The van der Waals surface area contributed by atoms with E-state index >= 15 is 0 Å². The van der Waals surface area contributed by atoms with E-state index in [0.29, 0.717) is 0 Å². The van der Waals surface area contributed by atoms with Crippen LogP contribution < -0.4 is 0 Å². The van der Waals surface area contributed by atoms with Gasteiger partial charge in [0.05, 0.1) is 22.8 Å². The van der Waals surface area contributed by atoms with Crippen molar-refractivity contribution >= 4 is 5.78 Å². The number of aromatic nitrogens is 1. The number of hydrogen-bond acceptors (Lipinski definition) is 4. The van der Waals surface area contributed by atoms with Gasteiger partial charge in [0.1, 0.15) is 17.5 Å². The van der Waals surface area contributed by atoms with Crippen LogP contribution in [0.5, 0.6) is 0 Å². The van der Waals surface area contributed by atoms with E-state index in [1.165, 1.54) is 0 Å². The van der Waals surface area contributed by atoms with Crippen LogP contribution in [0.25, 0.3) is 0 Å². The number of Topliss-reactive ketones (excluding diaryl/α,β-unsaturated/α-hetero) is 1. The Morgan fingerprint density at radius 1 is 0.833 bits per heavy atom. The lowest BCUT2D eigenvalue weighted by atomic mass is 9.93. The van der Waals surface area contributed by atoms with Crippen LogP contribution in [-0.4, -0.2) is 17.9 Å². The zero-order valence-electron chi connectivity index (χ0n) is 17.3. The summed E-state index contributed by atoms with van der Waals surface area (Å²) < 4.78 is 163. The number of nitriles is 1. The van der Waals surface area contributed by atoms with Crippen molar-refractivity contribution in [2.45, 2.75) is 37.2 Å². The van der Waals surface area contributed by atoms with Gasteiger partial charge >= 0.3 is 24.7 Å². The van der Waals surface area contributed by atoms with Crippen LogP contribution in [0.15, 0.2) is 24.3 Å². The summed E-state index contributed by atoms with van der Waals surface area (Å²) in [6, 6.07) is 0.812. The van der Waals surface area contributed by atoms with Crippen LogP contribution in [0, 0.1) is 11.3 Å². The smallest absolute Gasteiger partial charge is 0.376 e. The molecule has 0 radical (unpaired) electrons. The summed E-state index contributed by atoms with van der Waals surface area (Å²) in [6.07, 6.45) is -25.0. The highest BCUT2D eigenvalue weighted by atomic mass is 19.4. The van der Waals surface area contributed by atoms with Crippen LogP contribution in [0.1, 0.15) is 56.5 Å². The molecule has 1 aromatic heterocycles. The molecule has 2 rings (SSSR count). The molecule has 2 aromatic rings. The van der Waals surface area contributed by atoms with Crippen molar-refractivity contribution in [3.05, 3.63) is 63.5 Å². The largest absolute Gasteiger partial charge is 0.433 e. The van der Waals surface area contributed by atoms with Crippen molar-refractivity contribution in [1.82, 2.24) is 4.98 Å². The van der Waals surface area contributed by atoms with Gasteiger partial charge < -0.3 is 4.74 Å². The predicted molar refractivity (Wildman–Crippen MR) is 94.1 cm³/mol. The first-order chi connectivity index (χ1) is 16.2. The minimum atomic E-state index is -5.52. The van der Waals surface area contributed by atoms with Crippen LogP contribution in [0.3, 0.4) is 0 Å². The maximum absolute atomic E-state index is 13.3. The molecule has 0 spiro atoms. The van der Waals surface area contributed by atoms with E-state index in [4.69, 9.17) is 10.00 Å². The van der Waals surface area contributed by atoms with Gasteiger partial charge in [-0.05, 0) is 29.8 Å². The molecule has 196 valence electrons. The zero-order valence-corrected chi connectivity index (χ0v) is 17.3. The number of methoxy groups -OCH3 is 1. The monoisotopic (exact) mass is 538 g/mol. The summed E-state index contributed by atoms with van der Waals surface area (Å²) in [6.45, 7) is 0. The maximum atomic E-state index is 13.3. The third-order valence-corrected chi connectivity index (χ3v) is 4.64. The highest BCUT2D eigenvalue weighted by Crippen LogP contribution is 2.41. The van der Waals surface area contributed by atoms with Crippen LogP contribution in [-0.2, 0) is 29.4 Å². The van der Waals surface area contributed by atoms with Gasteiger partial charge in [-0.25, -0.2) is 4.98 Å². The van der Waals surface area contributed by atoms with Crippen LogP contribution in [0.2, 0.25) is 0 Å². The quantitative estimate of drug-likeness (QED) is 0.304. The third kappa shape index (κ3) is 6.45. The molecule has 0 amide bonds. The number of pyridine rings is 1. The summed E-state index contributed by atoms with van der Waals surface area (Å²) in [5.41, 5.74) is -12.3. The molecule has 0 saturated carbocycles. The second kappa shape index (κ2) is 9.60. The lowest BCUT2D eigenvalue weighted by Gasteiger charge is -2.20. The maximum Gasteiger partial charge on any atom is 0.433 e. The van der Waals surface area contributed by atoms with E-state index in [9.17, 15) is 57.5 Å². The van der Waals surface area contributed by atoms with E-state index in [2.05, 4.69) is 4.98 Å². The van der Waals surface area contributed by atoms with E-state index in [1.54, 1.807) is 0 Å². The highest BCUT2D eigenvalue weighted by Gasteiger charge is 2.43. The first kappa shape index (κ1) is 28.9. The van der Waals surface area contributed by atoms with Gasteiger partial charge in [0.2, 0.25) is 0 Å². The first-order valence-corrected chi connectivity index (χ1v) is 9.15. The van der Waals surface area contributed by atoms with Crippen molar-refractivity contribution < 1.29 is 62.2 Å². The number of alkyl halides is 12. The fraction of sp³-hybridized carbons (Fsp3) is 0.350. The predicted octanol–water partition coefficient (Wildman–Crippen LogP) is 6.99. The zero-order chi connectivity index (χ0) is 27.9. The molecule has 0 fully saturated rings. The lowest BCUT2D eigenvalue weighted by Crippen LogP contribution is -2.19. The first-order valence-electron chi connectivity index (χ1n) is 9.15. The number of ether oxygens (including phenoxy) is 1. The Bertz CT molecular complexity index is 1120. The number of nitrogens with zero attached hydrogens (tertiary/aromatic N) is 2. The van der Waals surface area contributed by atoms with Crippen molar-refractivity contribution in [2.24, 2.45) is 0 Å². The Hall–Kier alpha value is -3.35. The van der Waals surface area contributed by atoms with Gasteiger partial charge in [0.15, 0.2) is 5.78 Å². The molecule has 1 unspecified atom stereocenters. The molecule has 0 aliphatic heterocycles. The summed E-state index contributed by atoms with van der Waals surface area (Å²) >= 11 is 0. The summed E-state index contributed by atoms with van der Waals surface area (Å²) in [5, 5.41) is 8.83. The molecular formula is C20H10F12N2O2. The average Bonchev–Trinajstić information content (AvgIpc) is 2.73. The SMILES string of the molecule is COC(CC(=O)c1cc(C(F)(F)F)c(C#N)c(C(F)(F)F)c1)c1cc(C(F)(F)F)nc(C(F)(F)F)c1. The Balaban J connectivity index is 2.63. The number of halogens is 12. The number of carbonyl (C=O) groups excluding carboxylic acids is 1. The van der Waals surface area contributed by atoms with E-state index < -0.39 is 82.2 Å². The Morgan fingerprint density at radius 2 is 1.25 bits per heavy atom. The van der Waals surface area contributed by atoms with Gasteiger partial charge in [-0.2, -0.15) is 57.9 Å². The molecule has 1 aromatic carbocycles. The van der Waals surface area contributed by atoms with Gasteiger partial charge in [-0.3, -0.25) is 4.79 Å². The number of carbonyl (C=O) groups is 1. The molecule has 0 bridgehead atoms. The fourth-order valence-electron chi connectivity index (χ4n) is 3.02. The molecular weight excluding hydrogens is 528 g/mol. The van der Waals surface area contributed by atoms with Gasteiger partial charge in [-0.15, -0.1) is 0 Å². The number of rotatable bonds is 5. The number of benzene rings is 1. The Kier molecular flexibility index (Phi) is 7.70. The van der Waals surface area contributed by atoms with Crippen molar-refractivity contribution in [3.63, 3.8) is 0 Å². The topological polar surface area (TPSA) is 63.0 Å². The van der Waals surface area contributed by atoms with Gasteiger partial charge in [0.25, 0.3) is 0 Å². The second-order valence-corrected chi connectivity index (χ2v) is 7.07. The van der Waals surface area contributed by atoms with Crippen LogP contribution >= 0.6 is 0 Å². The lowest BCUT2D eigenvalue weighted by molar-refractivity contribution is -0.150. The number of ketones is 1. The molecule has 1 atom stereocenters. The highest BCUT2D eigenvalue weighted by molar-refractivity contribution is 5.97. The van der Waals surface area contributed by atoms with Crippen LogP contribution in [0.4, 0.5) is 52.7 Å². The Morgan fingerprint density at radius 3 is 1.56 bits per heavy atom. The van der Waals surface area contributed by atoms with E-state index in [1.807, 2.05) is 0 Å². The van der Waals surface area contributed by atoms with E-state index in [-0.39, 0.29) is 24.3 Å². The molecule has 36 heavy (non-hydrogen) atoms. The molecule has 0 aliphatic carbocycles. The van der Waals surface area contributed by atoms with Crippen molar-refractivity contribution in [2.75, 3.05) is 7.11 Å². The molecule has 16 heteroatoms. The normalized spacial score (nSPS) is 13.9. The molecule has 4 nitrogen and oxygen atoms in total. The molecule has 0 N–H and O–H groups in total. The summed E-state index contributed by atoms with van der Waals surface area (Å²) in [5.74, 6) is -1.55.